The minimum Gasteiger partial charge on any atom is -0.314 e. The Labute approximate surface area is 129 Å². The molecule has 0 saturated carbocycles. The van der Waals surface area contributed by atoms with Crippen molar-refractivity contribution >= 4 is 11.3 Å². The number of hydrogen-bond donors (Lipinski definition) is 1. The Morgan fingerprint density at radius 2 is 1.95 bits per heavy atom. The van der Waals surface area contributed by atoms with Crippen molar-refractivity contribution in [2.24, 2.45) is 0 Å². The monoisotopic (exact) mass is 309 g/mol. The average Bonchev–Trinajstić information content (AvgIpc) is 2.98. The lowest BCUT2D eigenvalue weighted by atomic mass is 9.99. The standard InChI is InChI=1S/C17H21F2NS/c1-2-9-20-14(7-6-13-8-10-21-12-13)11-15-16(18)4-3-5-17(15)19/h3-5,8,10,12,14,20H,2,6-7,9,11H2,1H3. The summed E-state index contributed by atoms with van der Waals surface area (Å²) in [6.45, 7) is 2.96. The van der Waals surface area contributed by atoms with Crippen molar-refractivity contribution in [2.45, 2.75) is 38.6 Å². The van der Waals surface area contributed by atoms with Crippen molar-refractivity contribution in [3.8, 4) is 0 Å². The number of thiophene rings is 1. The topological polar surface area (TPSA) is 12.0 Å². The molecule has 114 valence electrons. The van der Waals surface area contributed by atoms with Crippen LogP contribution in [0.2, 0.25) is 0 Å². The molecule has 21 heavy (non-hydrogen) atoms. The highest BCUT2D eigenvalue weighted by molar-refractivity contribution is 7.07. The van der Waals surface area contributed by atoms with Crippen LogP contribution in [0.1, 0.15) is 30.9 Å². The molecule has 1 nitrogen and oxygen atoms in total. The molecule has 1 N–H and O–H groups in total. The first-order valence-corrected chi connectivity index (χ1v) is 8.32. The van der Waals surface area contributed by atoms with E-state index >= 15 is 0 Å². The smallest absolute Gasteiger partial charge is 0.129 e. The molecule has 0 spiro atoms. The molecule has 1 aromatic heterocycles. The van der Waals surface area contributed by atoms with Crippen LogP contribution >= 0.6 is 11.3 Å². The van der Waals surface area contributed by atoms with Crippen LogP contribution in [0.15, 0.2) is 35.0 Å². The molecule has 2 rings (SSSR count). The summed E-state index contributed by atoms with van der Waals surface area (Å²) in [6.07, 6.45) is 3.21. The second-order valence-corrected chi connectivity index (χ2v) is 6.01. The molecular weight excluding hydrogens is 288 g/mol. The van der Waals surface area contributed by atoms with E-state index in [0.29, 0.717) is 6.42 Å². The van der Waals surface area contributed by atoms with Crippen LogP contribution < -0.4 is 5.32 Å². The third kappa shape index (κ3) is 4.90. The van der Waals surface area contributed by atoms with Crippen molar-refractivity contribution in [3.63, 3.8) is 0 Å². The molecule has 1 atom stereocenters. The molecule has 1 heterocycles. The Kier molecular flexibility index (Phi) is 6.33. The van der Waals surface area contributed by atoms with Gasteiger partial charge in [0.2, 0.25) is 0 Å². The fourth-order valence-corrected chi connectivity index (χ4v) is 3.08. The van der Waals surface area contributed by atoms with Gasteiger partial charge in [0.05, 0.1) is 0 Å². The first kappa shape index (κ1) is 16.1. The molecule has 0 aliphatic rings. The van der Waals surface area contributed by atoms with Crippen molar-refractivity contribution in [2.75, 3.05) is 6.54 Å². The van der Waals surface area contributed by atoms with E-state index < -0.39 is 11.6 Å². The fourth-order valence-electron chi connectivity index (χ4n) is 2.37. The number of benzene rings is 1. The third-order valence-corrected chi connectivity index (χ3v) is 4.29. The van der Waals surface area contributed by atoms with Crippen molar-refractivity contribution < 1.29 is 8.78 Å². The summed E-state index contributed by atoms with van der Waals surface area (Å²) >= 11 is 1.68. The second-order valence-electron chi connectivity index (χ2n) is 5.23. The zero-order chi connectivity index (χ0) is 15.1. The highest BCUT2D eigenvalue weighted by atomic mass is 32.1. The zero-order valence-corrected chi connectivity index (χ0v) is 13.1. The van der Waals surface area contributed by atoms with Crippen LogP contribution in [0.5, 0.6) is 0 Å². The van der Waals surface area contributed by atoms with Gasteiger partial charge in [-0.15, -0.1) is 0 Å². The number of aryl methyl sites for hydroxylation is 1. The number of halogens is 2. The van der Waals surface area contributed by atoms with Gasteiger partial charge in [0, 0.05) is 11.6 Å². The first-order valence-electron chi connectivity index (χ1n) is 7.38. The van der Waals surface area contributed by atoms with Gasteiger partial charge in [0.1, 0.15) is 11.6 Å². The lowest BCUT2D eigenvalue weighted by molar-refractivity contribution is 0.455. The molecule has 0 amide bonds. The van der Waals surface area contributed by atoms with Crippen LogP contribution in [0.4, 0.5) is 8.78 Å². The minimum atomic E-state index is -0.450. The molecular formula is C17H21F2NS. The molecule has 1 unspecified atom stereocenters. The van der Waals surface area contributed by atoms with E-state index in [-0.39, 0.29) is 11.6 Å². The van der Waals surface area contributed by atoms with Gasteiger partial charge in [-0.25, -0.2) is 8.78 Å². The summed E-state index contributed by atoms with van der Waals surface area (Å²) in [5.74, 6) is -0.900. The van der Waals surface area contributed by atoms with Crippen molar-refractivity contribution in [1.82, 2.24) is 5.32 Å². The maximum atomic E-state index is 13.8. The quantitative estimate of drug-likeness (QED) is 0.753. The molecule has 2 aromatic rings. The molecule has 0 fully saturated rings. The Morgan fingerprint density at radius 1 is 1.19 bits per heavy atom. The highest BCUT2D eigenvalue weighted by Crippen LogP contribution is 2.17. The summed E-state index contributed by atoms with van der Waals surface area (Å²) in [6, 6.07) is 6.26. The summed E-state index contributed by atoms with van der Waals surface area (Å²) in [7, 11) is 0. The number of hydrogen-bond acceptors (Lipinski definition) is 2. The SMILES string of the molecule is CCCNC(CCc1ccsc1)Cc1c(F)cccc1F. The predicted octanol–water partition coefficient (Wildman–Crippen LogP) is 4.57. The second kappa shape index (κ2) is 8.25. The Bertz CT molecular complexity index is 519. The Balaban J connectivity index is 2.01. The number of nitrogens with one attached hydrogen (secondary N) is 1. The van der Waals surface area contributed by atoms with Gasteiger partial charge in [0.25, 0.3) is 0 Å². The molecule has 1 aromatic carbocycles. The van der Waals surface area contributed by atoms with E-state index in [1.807, 2.05) is 0 Å². The van der Waals surface area contributed by atoms with Gasteiger partial charge in [-0.3, -0.25) is 0 Å². The van der Waals surface area contributed by atoms with Gasteiger partial charge in [0.15, 0.2) is 0 Å². The molecule has 0 aliphatic heterocycles. The van der Waals surface area contributed by atoms with Crippen molar-refractivity contribution in [1.29, 1.82) is 0 Å². The fraction of sp³-hybridized carbons (Fsp3) is 0.412. The summed E-state index contributed by atoms with van der Waals surface area (Å²) in [5.41, 5.74) is 1.48. The van der Waals surface area contributed by atoms with Gasteiger partial charge in [-0.1, -0.05) is 13.0 Å². The predicted molar refractivity (Wildman–Crippen MR) is 84.8 cm³/mol. The van der Waals surface area contributed by atoms with Crippen LogP contribution in [0.3, 0.4) is 0 Å². The van der Waals surface area contributed by atoms with E-state index in [2.05, 4.69) is 29.1 Å². The van der Waals surface area contributed by atoms with Gasteiger partial charge in [-0.05, 0) is 66.8 Å². The summed E-state index contributed by atoms with van der Waals surface area (Å²) < 4.78 is 27.6. The maximum absolute atomic E-state index is 13.8. The first-order chi connectivity index (χ1) is 10.2. The molecule has 0 bridgehead atoms. The van der Waals surface area contributed by atoms with E-state index in [1.54, 1.807) is 11.3 Å². The lowest BCUT2D eigenvalue weighted by Gasteiger charge is -2.19. The molecule has 0 radical (unpaired) electrons. The van der Waals surface area contributed by atoms with E-state index in [9.17, 15) is 8.78 Å². The van der Waals surface area contributed by atoms with Crippen LogP contribution in [0.25, 0.3) is 0 Å². The molecule has 4 heteroatoms. The van der Waals surface area contributed by atoms with E-state index in [0.717, 1.165) is 25.8 Å². The Hall–Kier alpha value is -1.26. The van der Waals surface area contributed by atoms with Gasteiger partial charge >= 0.3 is 0 Å². The van der Waals surface area contributed by atoms with E-state index in [1.165, 1.54) is 23.8 Å². The van der Waals surface area contributed by atoms with Crippen molar-refractivity contribution in [3.05, 3.63) is 57.8 Å². The normalized spacial score (nSPS) is 12.5. The molecule has 0 aliphatic carbocycles. The van der Waals surface area contributed by atoms with Crippen LogP contribution in [-0.2, 0) is 12.8 Å². The highest BCUT2D eigenvalue weighted by Gasteiger charge is 2.15. The van der Waals surface area contributed by atoms with Gasteiger partial charge in [-0.2, -0.15) is 11.3 Å². The zero-order valence-electron chi connectivity index (χ0n) is 12.2. The van der Waals surface area contributed by atoms with E-state index in [4.69, 9.17) is 0 Å². The van der Waals surface area contributed by atoms with Crippen LogP contribution in [0, 0.1) is 11.6 Å². The molecule has 0 saturated heterocycles. The van der Waals surface area contributed by atoms with Crippen LogP contribution in [-0.4, -0.2) is 12.6 Å². The number of rotatable bonds is 8. The average molecular weight is 309 g/mol. The third-order valence-electron chi connectivity index (χ3n) is 3.56. The summed E-state index contributed by atoms with van der Waals surface area (Å²) in [5, 5.41) is 7.59. The Morgan fingerprint density at radius 3 is 2.57 bits per heavy atom. The minimum absolute atomic E-state index is 0.0937. The largest absolute Gasteiger partial charge is 0.314 e. The maximum Gasteiger partial charge on any atom is 0.129 e. The summed E-state index contributed by atoms with van der Waals surface area (Å²) in [4.78, 5) is 0. The van der Waals surface area contributed by atoms with Gasteiger partial charge < -0.3 is 5.32 Å². The lowest BCUT2D eigenvalue weighted by Crippen LogP contribution is -2.33.